The summed E-state index contributed by atoms with van der Waals surface area (Å²) in [5.41, 5.74) is 9.59. The molecule has 0 spiro atoms. The molecule has 37 heavy (non-hydrogen) atoms. The van der Waals surface area contributed by atoms with Gasteiger partial charge in [0.1, 0.15) is 12.6 Å². The quantitative estimate of drug-likeness (QED) is 0.201. The molecule has 1 heterocycles. The Kier molecular flexibility index (Phi) is 10.0. The third-order valence-corrected chi connectivity index (χ3v) is 4.83. The van der Waals surface area contributed by atoms with Crippen LogP contribution in [0.5, 0.6) is 11.5 Å². The van der Waals surface area contributed by atoms with Gasteiger partial charge >= 0.3 is 6.09 Å². The number of carbonyl (C=O) groups excluding carboxylic acids is 3. The van der Waals surface area contributed by atoms with Crippen LogP contribution in [-0.2, 0) is 27.4 Å². The van der Waals surface area contributed by atoms with E-state index in [-0.39, 0.29) is 19.6 Å². The van der Waals surface area contributed by atoms with Gasteiger partial charge in [-0.3, -0.25) is 9.59 Å². The molecule has 1 aromatic heterocycles. The van der Waals surface area contributed by atoms with Gasteiger partial charge < -0.3 is 30.2 Å². The highest BCUT2D eigenvalue weighted by molar-refractivity contribution is 5.87. The molecule has 3 aromatic rings. The molecule has 12 heteroatoms. The number of hydrogen-bond donors (Lipinski definition) is 4. The number of aromatic nitrogens is 2. The van der Waals surface area contributed by atoms with Crippen molar-refractivity contribution in [1.82, 2.24) is 20.7 Å². The maximum absolute atomic E-state index is 12.8. The van der Waals surface area contributed by atoms with Gasteiger partial charge in [0.2, 0.25) is 0 Å². The van der Waals surface area contributed by atoms with Crippen LogP contribution >= 0.6 is 0 Å². The highest BCUT2D eigenvalue weighted by Crippen LogP contribution is 2.28. The SMILES string of the molecule is CCOc1cc(/C=N\NC(=O)[C@@H](Cc2cnc[nH]2)NC(=O)OCc2ccccc2)ccc1OCC(N)=O. The Morgan fingerprint density at radius 3 is 2.65 bits per heavy atom. The Morgan fingerprint density at radius 2 is 1.95 bits per heavy atom. The summed E-state index contributed by atoms with van der Waals surface area (Å²) in [5.74, 6) is -0.439. The number of carbonyl (C=O) groups is 3. The normalized spacial score (nSPS) is 11.5. The molecule has 3 rings (SSSR count). The number of benzene rings is 2. The molecule has 194 valence electrons. The van der Waals surface area contributed by atoms with Crippen molar-refractivity contribution in [2.45, 2.75) is 26.0 Å². The number of ether oxygens (including phenoxy) is 3. The zero-order valence-electron chi connectivity index (χ0n) is 20.2. The van der Waals surface area contributed by atoms with E-state index in [2.05, 4.69) is 25.8 Å². The number of aromatic amines is 1. The molecule has 0 aliphatic carbocycles. The van der Waals surface area contributed by atoms with Crippen LogP contribution in [0.3, 0.4) is 0 Å². The van der Waals surface area contributed by atoms with Crippen LogP contribution < -0.4 is 25.9 Å². The van der Waals surface area contributed by atoms with Crippen LogP contribution in [0.15, 0.2) is 66.2 Å². The van der Waals surface area contributed by atoms with Gasteiger partial charge in [-0.2, -0.15) is 5.10 Å². The van der Waals surface area contributed by atoms with E-state index >= 15 is 0 Å². The molecule has 0 saturated carbocycles. The van der Waals surface area contributed by atoms with Crippen molar-refractivity contribution in [2.75, 3.05) is 13.2 Å². The summed E-state index contributed by atoms with van der Waals surface area (Å²) in [6.45, 7) is 1.94. The number of H-pyrrole nitrogens is 1. The standard InChI is InChI=1S/C25H28N6O6/c1-2-35-22-10-18(8-9-21(22)36-15-23(26)32)12-29-31-24(33)20(11-19-13-27-16-28-19)30-25(34)37-14-17-6-4-3-5-7-17/h3-10,12-13,16,20H,2,11,14-15H2,1H3,(H2,26,32)(H,27,28)(H,30,34)(H,31,33)/b29-12-/t20-/m1/s1. The third kappa shape index (κ3) is 9.02. The van der Waals surface area contributed by atoms with E-state index in [1.165, 1.54) is 12.5 Å². The van der Waals surface area contributed by atoms with Crippen LogP contribution in [0, 0.1) is 0 Å². The van der Waals surface area contributed by atoms with Crippen LogP contribution in [0.4, 0.5) is 4.79 Å². The van der Waals surface area contributed by atoms with Crippen molar-refractivity contribution in [2.24, 2.45) is 10.8 Å². The lowest BCUT2D eigenvalue weighted by molar-refractivity contribution is -0.123. The van der Waals surface area contributed by atoms with Gasteiger partial charge in [0.15, 0.2) is 18.1 Å². The smallest absolute Gasteiger partial charge is 0.408 e. The van der Waals surface area contributed by atoms with E-state index in [1.807, 2.05) is 30.3 Å². The van der Waals surface area contributed by atoms with Crippen molar-refractivity contribution >= 4 is 24.1 Å². The number of nitrogens with two attached hydrogens (primary N) is 1. The highest BCUT2D eigenvalue weighted by atomic mass is 16.5. The molecule has 5 N–H and O–H groups in total. The first-order chi connectivity index (χ1) is 17.9. The summed E-state index contributed by atoms with van der Waals surface area (Å²) < 4.78 is 16.1. The largest absolute Gasteiger partial charge is 0.490 e. The monoisotopic (exact) mass is 508 g/mol. The average Bonchev–Trinajstić information content (AvgIpc) is 3.40. The summed E-state index contributed by atoms with van der Waals surface area (Å²) in [7, 11) is 0. The van der Waals surface area contributed by atoms with E-state index in [9.17, 15) is 14.4 Å². The molecule has 12 nitrogen and oxygen atoms in total. The lowest BCUT2D eigenvalue weighted by Crippen LogP contribution is -2.47. The molecule has 2 aromatic carbocycles. The molecule has 0 bridgehead atoms. The Labute approximate surface area is 213 Å². The van der Waals surface area contributed by atoms with E-state index in [1.54, 1.807) is 31.3 Å². The number of nitrogens with zero attached hydrogens (tertiary/aromatic N) is 2. The van der Waals surface area contributed by atoms with Crippen molar-refractivity contribution in [3.63, 3.8) is 0 Å². The molecule has 1 atom stereocenters. The molecule has 0 saturated heterocycles. The summed E-state index contributed by atoms with van der Waals surface area (Å²) in [6.07, 6.45) is 3.82. The Morgan fingerprint density at radius 1 is 1.14 bits per heavy atom. The van der Waals surface area contributed by atoms with Crippen LogP contribution in [0.1, 0.15) is 23.7 Å². The summed E-state index contributed by atoms with van der Waals surface area (Å²) in [5, 5.41) is 6.55. The maximum Gasteiger partial charge on any atom is 0.408 e. The van der Waals surface area contributed by atoms with Crippen LogP contribution in [0.2, 0.25) is 0 Å². The molecular weight excluding hydrogens is 480 g/mol. The highest BCUT2D eigenvalue weighted by Gasteiger charge is 2.22. The number of nitrogens with one attached hydrogen (secondary N) is 3. The fourth-order valence-electron chi connectivity index (χ4n) is 3.12. The van der Waals surface area contributed by atoms with Crippen molar-refractivity contribution in [3.05, 3.63) is 77.9 Å². The Balaban J connectivity index is 1.62. The predicted molar refractivity (Wildman–Crippen MR) is 134 cm³/mol. The molecular formula is C25H28N6O6. The average molecular weight is 509 g/mol. The first kappa shape index (κ1) is 26.7. The molecule has 3 amide bonds. The Bertz CT molecular complexity index is 1200. The van der Waals surface area contributed by atoms with E-state index in [4.69, 9.17) is 19.9 Å². The van der Waals surface area contributed by atoms with Crippen LogP contribution in [0.25, 0.3) is 0 Å². The molecule has 0 aliphatic rings. The van der Waals surface area contributed by atoms with Gasteiger partial charge in [0, 0.05) is 18.3 Å². The van der Waals surface area contributed by atoms with E-state index < -0.39 is 23.9 Å². The topological polar surface area (TPSA) is 170 Å². The molecule has 0 unspecified atom stereocenters. The zero-order chi connectivity index (χ0) is 26.5. The lowest BCUT2D eigenvalue weighted by Gasteiger charge is -2.16. The third-order valence-electron chi connectivity index (χ3n) is 4.83. The Hall–Kier alpha value is -4.87. The molecule has 0 fully saturated rings. The van der Waals surface area contributed by atoms with Gasteiger partial charge in [0.25, 0.3) is 11.8 Å². The van der Waals surface area contributed by atoms with Crippen molar-refractivity contribution in [3.8, 4) is 11.5 Å². The minimum Gasteiger partial charge on any atom is -0.490 e. The molecule has 0 aliphatic heterocycles. The lowest BCUT2D eigenvalue weighted by atomic mass is 10.1. The minimum atomic E-state index is -0.982. The number of alkyl carbamates (subject to hydrolysis) is 1. The first-order valence-corrected chi connectivity index (χ1v) is 11.4. The number of primary amides is 1. The molecule has 0 radical (unpaired) electrons. The summed E-state index contributed by atoms with van der Waals surface area (Å²) in [6, 6.07) is 13.1. The number of rotatable bonds is 13. The zero-order valence-corrected chi connectivity index (χ0v) is 20.2. The van der Waals surface area contributed by atoms with E-state index in [0.29, 0.717) is 29.4 Å². The number of amides is 3. The fraction of sp³-hybridized carbons (Fsp3) is 0.240. The maximum atomic E-state index is 12.8. The predicted octanol–water partition coefficient (Wildman–Crippen LogP) is 1.66. The number of imidazole rings is 1. The second kappa shape index (κ2) is 13.9. The van der Waals surface area contributed by atoms with Crippen molar-refractivity contribution in [1.29, 1.82) is 0 Å². The van der Waals surface area contributed by atoms with Crippen LogP contribution in [-0.4, -0.2) is 53.3 Å². The van der Waals surface area contributed by atoms with Gasteiger partial charge in [-0.25, -0.2) is 15.2 Å². The minimum absolute atomic E-state index is 0.0601. The van der Waals surface area contributed by atoms with E-state index in [0.717, 1.165) is 5.56 Å². The fourth-order valence-corrected chi connectivity index (χ4v) is 3.12. The first-order valence-electron chi connectivity index (χ1n) is 11.4. The second-order valence-corrected chi connectivity index (χ2v) is 7.67. The number of hydrazone groups is 1. The van der Waals surface area contributed by atoms with Gasteiger partial charge in [-0.1, -0.05) is 30.3 Å². The second-order valence-electron chi connectivity index (χ2n) is 7.67. The van der Waals surface area contributed by atoms with Gasteiger partial charge in [-0.15, -0.1) is 0 Å². The van der Waals surface area contributed by atoms with Gasteiger partial charge in [0.05, 0.1) is 19.1 Å². The summed E-state index contributed by atoms with van der Waals surface area (Å²) in [4.78, 5) is 43.0. The number of hydrogen-bond acceptors (Lipinski definition) is 8. The summed E-state index contributed by atoms with van der Waals surface area (Å²) >= 11 is 0. The van der Waals surface area contributed by atoms with Gasteiger partial charge in [-0.05, 0) is 36.2 Å². The van der Waals surface area contributed by atoms with Crippen molar-refractivity contribution < 1.29 is 28.6 Å².